The summed E-state index contributed by atoms with van der Waals surface area (Å²) in [7, 11) is 0. The van der Waals surface area contributed by atoms with Crippen LogP contribution in [0.1, 0.15) is 56.7 Å². The molecule has 0 aromatic heterocycles. The van der Waals surface area contributed by atoms with Crippen molar-refractivity contribution in [3.05, 3.63) is 22.8 Å². The molecule has 1 aromatic carbocycles. The number of anilines is 1. The Balaban J connectivity index is 3.23. The first-order valence-corrected chi connectivity index (χ1v) is 6.77. The van der Waals surface area contributed by atoms with Gasteiger partial charge in [0.1, 0.15) is 5.75 Å². The smallest absolute Gasteiger partial charge is 0.141 e. The lowest BCUT2D eigenvalue weighted by Gasteiger charge is -2.16. The van der Waals surface area contributed by atoms with E-state index in [0.717, 1.165) is 49.7 Å². The zero-order valence-corrected chi connectivity index (χ0v) is 11.3. The van der Waals surface area contributed by atoms with Gasteiger partial charge in [-0.05, 0) is 36.0 Å². The monoisotopic (exact) mass is 235 g/mol. The Hall–Kier alpha value is -1.18. The number of hydrogen-bond acceptors (Lipinski definition) is 2. The van der Waals surface area contributed by atoms with Gasteiger partial charge in [0.05, 0.1) is 5.69 Å². The van der Waals surface area contributed by atoms with Crippen LogP contribution in [0.2, 0.25) is 0 Å². The molecule has 0 aliphatic carbocycles. The third-order valence-corrected chi connectivity index (χ3v) is 3.16. The van der Waals surface area contributed by atoms with Crippen molar-refractivity contribution in [2.75, 3.05) is 5.73 Å². The van der Waals surface area contributed by atoms with Crippen LogP contribution in [0.15, 0.2) is 6.07 Å². The number of aryl methyl sites for hydroxylation is 2. The largest absolute Gasteiger partial charge is 0.505 e. The Labute approximate surface area is 105 Å². The van der Waals surface area contributed by atoms with Gasteiger partial charge in [-0.1, -0.05) is 46.1 Å². The molecule has 1 aromatic rings. The summed E-state index contributed by atoms with van der Waals surface area (Å²) in [6, 6.07) is 2.16. The summed E-state index contributed by atoms with van der Waals surface area (Å²) in [5.74, 6) is 0.315. The van der Waals surface area contributed by atoms with Gasteiger partial charge in [0.25, 0.3) is 0 Å². The number of benzene rings is 1. The second-order valence-electron chi connectivity index (χ2n) is 4.69. The molecule has 0 aliphatic rings. The summed E-state index contributed by atoms with van der Waals surface area (Å²) in [4.78, 5) is 0. The van der Waals surface area contributed by atoms with E-state index in [0.29, 0.717) is 11.4 Å². The Morgan fingerprint density at radius 1 is 0.941 bits per heavy atom. The van der Waals surface area contributed by atoms with Gasteiger partial charge in [0.2, 0.25) is 0 Å². The molecule has 96 valence electrons. The van der Waals surface area contributed by atoms with Gasteiger partial charge >= 0.3 is 0 Å². The molecule has 2 heteroatoms. The minimum Gasteiger partial charge on any atom is -0.505 e. The average Bonchev–Trinajstić information content (AvgIpc) is 2.31. The van der Waals surface area contributed by atoms with Crippen LogP contribution in [-0.4, -0.2) is 5.11 Å². The molecular formula is C15H25NO. The molecule has 0 fully saturated rings. The normalized spacial score (nSPS) is 10.8. The Morgan fingerprint density at radius 2 is 1.47 bits per heavy atom. The maximum Gasteiger partial charge on any atom is 0.141 e. The van der Waals surface area contributed by atoms with Crippen molar-refractivity contribution in [3.63, 3.8) is 0 Å². The molecule has 0 heterocycles. The standard InChI is InChI=1S/C15H25NO/c1-4-7-11-10-12(8-5-2)15(17)14(16)13(11)9-6-3/h10,17H,4-9,16H2,1-3H3. The van der Waals surface area contributed by atoms with E-state index in [1.807, 2.05) is 0 Å². The fourth-order valence-corrected chi connectivity index (χ4v) is 2.35. The highest BCUT2D eigenvalue weighted by molar-refractivity contribution is 5.64. The number of nitrogens with two attached hydrogens (primary N) is 1. The first kappa shape index (κ1) is 13.9. The SMILES string of the molecule is CCCc1cc(CCC)c(CCC)c(N)c1O. The molecule has 0 atom stereocenters. The lowest BCUT2D eigenvalue weighted by atomic mass is 9.93. The van der Waals surface area contributed by atoms with Crippen LogP contribution in [0, 0.1) is 0 Å². The molecule has 2 nitrogen and oxygen atoms in total. The molecule has 0 aliphatic heterocycles. The van der Waals surface area contributed by atoms with Crippen LogP contribution in [-0.2, 0) is 19.3 Å². The Morgan fingerprint density at radius 3 is 2.00 bits per heavy atom. The highest BCUT2D eigenvalue weighted by Gasteiger charge is 2.13. The van der Waals surface area contributed by atoms with Crippen molar-refractivity contribution in [1.82, 2.24) is 0 Å². The lowest BCUT2D eigenvalue weighted by molar-refractivity contribution is 0.469. The molecule has 0 spiro atoms. The molecule has 0 amide bonds. The molecule has 1 rings (SSSR count). The number of rotatable bonds is 6. The molecule has 3 N–H and O–H groups in total. The summed E-state index contributed by atoms with van der Waals surface area (Å²) in [6.45, 7) is 6.44. The predicted molar refractivity (Wildman–Crippen MR) is 74.5 cm³/mol. The van der Waals surface area contributed by atoms with Gasteiger partial charge < -0.3 is 10.8 Å². The molecular weight excluding hydrogens is 210 g/mol. The number of phenolic OH excluding ortho intramolecular Hbond substituents is 1. The van der Waals surface area contributed by atoms with Crippen LogP contribution in [0.4, 0.5) is 5.69 Å². The first-order valence-electron chi connectivity index (χ1n) is 6.77. The highest BCUT2D eigenvalue weighted by Crippen LogP contribution is 2.34. The summed E-state index contributed by atoms with van der Waals surface area (Å²) in [5, 5.41) is 10.1. The van der Waals surface area contributed by atoms with Gasteiger partial charge in [0, 0.05) is 0 Å². The number of nitrogen functional groups attached to an aromatic ring is 1. The van der Waals surface area contributed by atoms with E-state index in [9.17, 15) is 5.11 Å². The van der Waals surface area contributed by atoms with Crippen molar-refractivity contribution in [2.24, 2.45) is 0 Å². The Kier molecular flexibility index (Phi) is 5.33. The summed E-state index contributed by atoms with van der Waals surface area (Å²) in [5.41, 5.74) is 10.2. The summed E-state index contributed by atoms with van der Waals surface area (Å²) >= 11 is 0. The first-order chi connectivity index (χ1) is 8.15. The van der Waals surface area contributed by atoms with Crippen LogP contribution < -0.4 is 5.73 Å². The maximum absolute atomic E-state index is 10.1. The lowest BCUT2D eigenvalue weighted by Crippen LogP contribution is -2.03. The van der Waals surface area contributed by atoms with Crippen molar-refractivity contribution in [1.29, 1.82) is 0 Å². The number of hydrogen-bond donors (Lipinski definition) is 2. The third-order valence-electron chi connectivity index (χ3n) is 3.16. The topological polar surface area (TPSA) is 46.2 Å². The second-order valence-corrected chi connectivity index (χ2v) is 4.69. The van der Waals surface area contributed by atoms with E-state index in [1.165, 1.54) is 5.56 Å². The van der Waals surface area contributed by atoms with Crippen LogP contribution >= 0.6 is 0 Å². The molecule has 0 bridgehead atoms. The van der Waals surface area contributed by atoms with Gasteiger partial charge in [-0.3, -0.25) is 0 Å². The molecule has 0 saturated heterocycles. The van der Waals surface area contributed by atoms with Crippen molar-refractivity contribution in [2.45, 2.75) is 59.3 Å². The quantitative estimate of drug-likeness (QED) is 0.581. The van der Waals surface area contributed by atoms with E-state index in [1.54, 1.807) is 0 Å². The number of phenols is 1. The zero-order chi connectivity index (χ0) is 12.8. The molecule has 17 heavy (non-hydrogen) atoms. The van der Waals surface area contributed by atoms with E-state index < -0.39 is 0 Å². The third kappa shape index (κ3) is 3.15. The van der Waals surface area contributed by atoms with Crippen molar-refractivity contribution < 1.29 is 5.11 Å². The predicted octanol–water partition coefficient (Wildman–Crippen LogP) is 3.83. The van der Waals surface area contributed by atoms with Gasteiger partial charge in [-0.2, -0.15) is 0 Å². The second kappa shape index (κ2) is 6.53. The fourth-order valence-electron chi connectivity index (χ4n) is 2.35. The summed E-state index contributed by atoms with van der Waals surface area (Å²) in [6.07, 6.45) is 6.13. The van der Waals surface area contributed by atoms with Crippen LogP contribution in [0.5, 0.6) is 5.75 Å². The minimum atomic E-state index is 0.315. The summed E-state index contributed by atoms with van der Waals surface area (Å²) < 4.78 is 0. The molecule has 0 radical (unpaired) electrons. The van der Waals surface area contributed by atoms with Crippen molar-refractivity contribution in [3.8, 4) is 5.75 Å². The van der Waals surface area contributed by atoms with Gasteiger partial charge in [-0.25, -0.2) is 0 Å². The van der Waals surface area contributed by atoms with E-state index in [4.69, 9.17) is 5.73 Å². The van der Waals surface area contributed by atoms with Gasteiger partial charge in [-0.15, -0.1) is 0 Å². The molecule has 0 saturated carbocycles. The van der Waals surface area contributed by atoms with Gasteiger partial charge in [0.15, 0.2) is 0 Å². The highest BCUT2D eigenvalue weighted by atomic mass is 16.3. The average molecular weight is 235 g/mol. The van der Waals surface area contributed by atoms with E-state index in [2.05, 4.69) is 26.8 Å². The van der Waals surface area contributed by atoms with E-state index in [-0.39, 0.29) is 0 Å². The van der Waals surface area contributed by atoms with Crippen molar-refractivity contribution >= 4 is 5.69 Å². The zero-order valence-electron chi connectivity index (χ0n) is 11.3. The maximum atomic E-state index is 10.1. The number of aromatic hydroxyl groups is 1. The Bertz CT molecular complexity index is 372. The van der Waals surface area contributed by atoms with Crippen LogP contribution in [0.25, 0.3) is 0 Å². The molecule has 0 unspecified atom stereocenters. The fraction of sp³-hybridized carbons (Fsp3) is 0.600. The van der Waals surface area contributed by atoms with E-state index >= 15 is 0 Å². The van der Waals surface area contributed by atoms with Crippen LogP contribution in [0.3, 0.4) is 0 Å². The minimum absolute atomic E-state index is 0.315.